The van der Waals surface area contributed by atoms with Crippen molar-refractivity contribution in [3.63, 3.8) is 0 Å². The van der Waals surface area contributed by atoms with E-state index in [1.54, 1.807) is 11.0 Å². The van der Waals surface area contributed by atoms with Gasteiger partial charge in [-0.25, -0.2) is 4.98 Å². The summed E-state index contributed by atoms with van der Waals surface area (Å²) in [6.07, 6.45) is 1.66. The molecule has 210 valence electrons. The molecule has 1 aromatic heterocycles. The number of aryl methyl sites for hydroxylation is 2. The fourth-order valence-electron chi connectivity index (χ4n) is 5.56. The van der Waals surface area contributed by atoms with Gasteiger partial charge in [0, 0.05) is 29.4 Å². The number of fused-ring (bicyclic) bond motifs is 1. The summed E-state index contributed by atoms with van der Waals surface area (Å²) in [6, 6.07) is 13.6. The molecule has 0 bridgehead atoms. The first kappa shape index (κ1) is 28.4. The lowest BCUT2D eigenvalue weighted by atomic mass is 9.87. The highest BCUT2D eigenvalue weighted by Gasteiger charge is 2.39. The number of methoxy groups -OCH3 is 1. The predicted octanol–water partition coefficient (Wildman–Crippen LogP) is 6.22. The van der Waals surface area contributed by atoms with Gasteiger partial charge in [-0.05, 0) is 67.5 Å². The average molecular weight is 584 g/mol. The number of nitrogens with zero attached hydrogens (tertiary/aromatic N) is 2. The first-order valence-corrected chi connectivity index (χ1v) is 14.2. The van der Waals surface area contributed by atoms with E-state index in [2.05, 4.69) is 4.98 Å². The Morgan fingerprint density at radius 1 is 1.20 bits per heavy atom. The van der Waals surface area contributed by atoms with Crippen molar-refractivity contribution < 1.29 is 23.8 Å². The molecule has 40 heavy (non-hydrogen) atoms. The molecule has 0 spiro atoms. The van der Waals surface area contributed by atoms with E-state index in [0.29, 0.717) is 66.7 Å². The lowest BCUT2D eigenvalue weighted by molar-refractivity contribution is -0.145. The van der Waals surface area contributed by atoms with Crippen LogP contribution in [0.1, 0.15) is 62.6 Å². The Kier molecular flexibility index (Phi) is 8.64. The lowest BCUT2D eigenvalue weighted by Crippen LogP contribution is -2.38. The average Bonchev–Trinajstić information content (AvgIpc) is 3.47. The van der Waals surface area contributed by atoms with Crippen molar-refractivity contribution >= 4 is 35.1 Å². The Hall–Kier alpha value is -3.13. The van der Waals surface area contributed by atoms with Gasteiger partial charge in [0.15, 0.2) is 0 Å². The van der Waals surface area contributed by atoms with Crippen molar-refractivity contribution in [2.24, 2.45) is 0 Å². The summed E-state index contributed by atoms with van der Waals surface area (Å²) in [4.78, 5) is 33.2. The molecule has 2 atom stereocenters. The number of ether oxygens (including phenoxy) is 3. The molecule has 0 radical (unpaired) electrons. The van der Waals surface area contributed by atoms with Gasteiger partial charge in [0.1, 0.15) is 12.5 Å². The van der Waals surface area contributed by atoms with Crippen LogP contribution in [0.3, 0.4) is 0 Å². The number of rotatable bonds is 8. The highest BCUT2D eigenvalue weighted by Crippen LogP contribution is 2.42. The van der Waals surface area contributed by atoms with Gasteiger partial charge in [-0.1, -0.05) is 53.5 Å². The Morgan fingerprint density at radius 2 is 1.98 bits per heavy atom. The second-order valence-corrected chi connectivity index (χ2v) is 11.1. The normalized spacial score (nSPS) is 17.5. The van der Waals surface area contributed by atoms with E-state index in [1.165, 1.54) is 7.11 Å². The van der Waals surface area contributed by atoms with Gasteiger partial charge in [-0.3, -0.25) is 9.59 Å². The molecule has 1 fully saturated rings. The van der Waals surface area contributed by atoms with Crippen LogP contribution in [0.5, 0.6) is 5.88 Å². The molecule has 7 nitrogen and oxygen atoms in total. The van der Waals surface area contributed by atoms with Gasteiger partial charge in [-0.2, -0.15) is 0 Å². The lowest BCUT2D eigenvalue weighted by Gasteiger charge is -2.32. The van der Waals surface area contributed by atoms with E-state index in [9.17, 15) is 9.59 Å². The molecule has 1 saturated heterocycles. The van der Waals surface area contributed by atoms with E-state index in [-0.39, 0.29) is 17.0 Å². The van der Waals surface area contributed by atoms with Gasteiger partial charge in [0.2, 0.25) is 5.88 Å². The summed E-state index contributed by atoms with van der Waals surface area (Å²) in [5.41, 5.74) is 5.15. The number of aromatic nitrogens is 1. The van der Waals surface area contributed by atoms with Crippen LogP contribution < -0.4 is 4.74 Å². The van der Waals surface area contributed by atoms with Gasteiger partial charge in [0.25, 0.3) is 5.91 Å². The number of carbonyl (C=O) groups is 2. The van der Waals surface area contributed by atoms with Crippen molar-refractivity contribution in [3.05, 3.63) is 91.6 Å². The van der Waals surface area contributed by atoms with Gasteiger partial charge in [-0.15, -0.1) is 0 Å². The molecule has 3 heterocycles. The summed E-state index contributed by atoms with van der Waals surface area (Å²) in [5, 5.41) is 0.633. The molecule has 2 aliphatic heterocycles. The van der Waals surface area contributed by atoms with E-state index < -0.39 is 11.9 Å². The third kappa shape index (κ3) is 5.69. The minimum Gasteiger partial charge on any atom is -0.473 e. The second kappa shape index (κ2) is 12.2. The maximum Gasteiger partial charge on any atom is 0.315 e. The highest BCUT2D eigenvalue weighted by molar-refractivity contribution is 6.37. The van der Waals surface area contributed by atoms with Crippen LogP contribution >= 0.6 is 23.2 Å². The SMILES string of the molecule is COC(=O)[C@H](c1cc(Cl)c2c(c1Cl)C(=O)N(Cc1c(C)cc(C)nc1OCc1ccccc1)CC2)C1CCCO1. The molecular formula is C31H32Cl2N2O5. The standard InChI is InChI=1S/C31H32Cl2N2O5/c1-18-14-19(2)34-29(40-17-20-8-5-4-6-9-20)23(18)16-35-12-11-21-24(32)15-22(28(33)27(21)30(35)36)26(31(37)38-3)25-10-7-13-39-25/h4-6,8-9,14-15,25-26H,7,10-13,16-17H2,1-3H3/t25?,26-/m1/s1. The number of halogens is 2. The molecule has 3 aromatic rings. The third-order valence-corrected chi connectivity index (χ3v) is 8.35. The molecular weight excluding hydrogens is 551 g/mol. The highest BCUT2D eigenvalue weighted by atomic mass is 35.5. The van der Waals surface area contributed by atoms with Crippen molar-refractivity contribution in [1.29, 1.82) is 0 Å². The van der Waals surface area contributed by atoms with Crippen LogP contribution in [-0.4, -0.2) is 48.1 Å². The van der Waals surface area contributed by atoms with Crippen molar-refractivity contribution in [3.8, 4) is 5.88 Å². The van der Waals surface area contributed by atoms with Crippen LogP contribution in [0.4, 0.5) is 0 Å². The molecule has 9 heteroatoms. The van der Waals surface area contributed by atoms with E-state index in [4.69, 9.17) is 37.4 Å². The zero-order valence-corrected chi connectivity index (χ0v) is 24.3. The predicted molar refractivity (Wildman–Crippen MR) is 153 cm³/mol. The topological polar surface area (TPSA) is 78.0 Å². The monoisotopic (exact) mass is 582 g/mol. The number of carbonyl (C=O) groups excluding carboxylic acids is 2. The molecule has 0 N–H and O–H groups in total. The quantitative estimate of drug-likeness (QED) is 0.293. The van der Waals surface area contributed by atoms with Gasteiger partial charge < -0.3 is 19.1 Å². The van der Waals surface area contributed by atoms with Crippen LogP contribution in [0, 0.1) is 13.8 Å². The smallest absolute Gasteiger partial charge is 0.315 e. The fourth-order valence-corrected chi connectivity index (χ4v) is 6.24. The maximum atomic E-state index is 14.0. The van der Waals surface area contributed by atoms with Crippen LogP contribution in [0.2, 0.25) is 10.0 Å². The summed E-state index contributed by atoms with van der Waals surface area (Å²) in [6.45, 7) is 5.59. The zero-order valence-electron chi connectivity index (χ0n) is 22.8. The first-order chi connectivity index (χ1) is 19.3. The van der Waals surface area contributed by atoms with E-state index in [0.717, 1.165) is 28.8 Å². The molecule has 5 rings (SSSR count). The molecule has 2 aromatic carbocycles. The number of hydrogen-bond donors (Lipinski definition) is 0. The second-order valence-electron chi connectivity index (χ2n) is 10.3. The molecule has 2 aliphatic rings. The summed E-state index contributed by atoms with van der Waals surface area (Å²) in [5.74, 6) is -0.985. The van der Waals surface area contributed by atoms with Crippen molar-refractivity contribution in [2.75, 3.05) is 20.3 Å². The van der Waals surface area contributed by atoms with Crippen molar-refractivity contribution in [1.82, 2.24) is 9.88 Å². The number of pyridine rings is 1. The number of esters is 1. The Morgan fingerprint density at radius 3 is 2.67 bits per heavy atom. The fraction of sp³-hybridized carbons (Fsp3) is 0.387. The van der Waals surface area contributed by atoms with Gasteiger partial charge in [0.05, 0.1) is 30.3 Å². The number of hydrogen-bond acceptors (Lipinski definition) is 6. The molecule has 1 unspecified atom stereocenters. The Balaban J connectivity index is 1.47. The largest absolute Gasteiger partial charge is 0.473 e. The summed E-state index contributed by atoms with van der Waals surface area (Å²) >= 11 is 13.6. The van der Waals surface area contributed by atoms with Crippen molar-refractivity contribution in [2.45, 2.75) is 58.3 Å². The zero-order chi connectivity index (χ0) is 28.4. The molecule has 0 saturated carbocycles. The molecule has 0 aliphatic carbocycles. The van der Waals surface area contributed by atoms with E-state index >= 15 is 0 Å². The summed E-state index contributed by atoms with van der Waals surface area (Å²) in [7, 11) is 1.33. The first-order valence-electron chi connectivity index (χ1n) is 13.4. The Bertz CT molecular complexity index is 1420. The minimum atomic E-state index is -0.771. The molecule has 1 amide bonds. The number of amides is 1. The van der Waals surface area contributed by atoms with Gasteiger partial charge >= 0.3 is 5.97 Å². The van der Waals surface area contributed by atoms with Crippen LogP contribution in [0.15, 0.2) is 42.5 Å². The summed E-state index contributed by atoms with van der Waals surface area (Å²) < 4.78 is 17.1. The maximum absolute atomic E-state index is 14.0. The van der Waals surface area contributed by atoms with Crippen LogP contribution in [-0.2, 0) is 33.8 Å². The minimum absolute atomic E-state index is 0.222. The number of benzene rings is 2. The third-order valence-electron chi connectivity index (χ3n) is 7.61. The Labute approximate surface area is 244 Å². The van der Waals surface area contributed by atoms with E-state index in [1.807, 2.05) is 50.2 Å². The van der Waals surface area contributed by atoms with Crippen LogP contribution in [0.25, 0.3) is 0 Å².